The first-order valence-electron chi connectivity index (χ1n) is 7.07. The van der Waals surface area contributed by atoms with E-state index in [2.05, 4.69) is 25.9 Å². The topological polar surface area (TPSA) is 78.9 Å². The molecule has 1 rings (SSSR count). The molecule has 4 atom stereocenters. The summed E-state index contributed by atoms with van der Waals surface area (Å²) in [7, 11) is 0. The molecule has 4 unspecified atom stereocenters. The van der Waals surface area contributed by atoms with Gasteiger partial charge in [-0.2, -0.15) is 0 Å². The van der Waals surface area contributed by atoms with Crippen molar-refractivity contribution in [2.45, 2.75) is 47.1 Å². The first-order valence-corrected chi connectivity index (χ1v) is 7.07. The van der Waals surface area contributed by atoms with Gasteiger partial charge in [-0.3, -0.25) is 4.79 Å². The van der Waals surface area contributed by atoms with Gasteiger partial charge in [0.05, 0.1) is 0 Å². The van der Waals surface area contributed by atoms with Crippen molar-refractivity contribution in [2.24, 2.45) is 34.6 Å². The summed E-state index contributed by atoms with van der Waals surface area (Å²) in [6, 6.07) is 0.205. The Morgan fingerprint density at radius 1 is 1.37 bits per heavy atom. The van der Waals surface area contributed by atoms with Crippen molar-refractivity contribution in [1.82, 2.24) is 4.90 Å². The lowest BCUT2D eigenvalue weighted by Gasteiger charge is -2.42. The lowest BCUT2D eigenvalue weighted by atomic mass is 9.84. The Labute approximate surface area is 115 Å². The molecule has 0 aliphatic carbocycles. The fourth-order valence-corrected chi connectivity index (χ4v) is 3.00. The zero-order valence-corrected chi connectivity index (χ0v) is 12.6. The number of hydrogen-bond acceptors (Lipinski definition) is 3. The van der Waals surface area contributed by atoms with E-state index in [-0.39, 0.29) is 23.7 Å². The molecule has 0 saturated carbocycles. The zero-order chi connectivity index (χ0) is 14.7. The number of carbonyl (C=O) groups excluding carboxylic acids is 1. The fourth-order valence-electron chi connectivity index (χ4n) is 3.00. The van der Waals surface area contributed by atoms with E-state index in [0.717, 1.165) is 13.0 Å². The molecule has 0 spiro atoms. The van der Waals surface area contributed by atoms with E-state index < -0.39 is 5.92 Å². The van der Waals surface area contributed by atoms with Crippen LogP contribution >= 0.6 is 0 Å². The zero-order valence-electron chi connectivity index (χ0n) is 12.6. The Balaban J connectivity index is 2.95. The van der Waals surface area contributed by atoms with Crippen molar-refractivity contribution in [1.29, 1.82) is 0 Å². The Morgan fingerprint density at radius 3 is 2.42 bits per heavy atom. The van der Waals surface area contributed by atoms with Crippen LogP contribution in [0.15, 0.2) is 5.16 Å². The summed E-state index contributed by atoms with van der Waals surface area (Å²) in [4.78, 5) is 14.6. The van der Waals surface area contributed by atoms with E-state index >= 15 is 0 Å². The average molecular weight is 269 g/mol. The first kappa shape index (κ1) is 15.8. The molecule has 1 aliphatic heterocycles. The summed E-state index contributed by atoms with van der Waals surface area (Å²) in [5, 5.41) is 11.9. The molecule has 5 nitrogen and oxygen atoms in total. The van der Waals surface area contributed by atoms with Crippen molar-refractivity contribution in [2.75, 3.05) is 6.54 Å². The van der Waals surface area contributed by atoms with Crippen molar-refractivity contribution >= 4 is 11.7 Å². The number of nitrogens with zero attached hydrogens (tertiary/aromatic N) is 2. The third-order valence-corrected chi connectivity index (χ3v) is 4.25. The van der Waals surface area contributed by atoms with Crippen molar-refractivity contribution < 1.29 is 10.0 Å². The summed E-state index contributed by atoms with van der Waals surface area (Å²) in [6.45, 7) is 11.0. The van der Waals surface area contributed by atoms with Crippen molar-refractivity contribution in [3.63, 3.8) is 0 Å². The van der Waals surface area contributed by atoms with Crippen molar-refractivity contribution in [3.05, 3.63) is 0 Å². The van der Waals surface area contributed by atoms with E-state index in [1.54, 1.807) is 0 Å². The highest BCUT2D eigenvalue weighted by atomic mass is 16.4. The number of nitrogens with two attached hydrogens (primary N) is 1. The largest absolute Gasteiger partial charge is 0.409 e. The summed E-state index contributed by atoms with van der Waals surface area (Å²) in [5.74, 6) is 0.449. The minimum atomic E-state index is -0.537. The highest BCUT2D eigenvalue weighted by molar-refractivity contribution is 6.02. The van der Waals surface area contributed by atoms with Crippen LogP contribution in [-0.2, 0) is 4.79 Å². The number of amides is 1. The highest BCUT2D eigenvalue weighted by Crippen LogP contribution is 2.29. The second-order valence-electron chi connectivity index (χ2n) is 6.30. The lowest BCUT2D eigenvalue weighted by molar-refractivity contribution is -0.140. The van der Waals surface area contributed by atoms with Gasteiger partial charge in [-0.05, 0) is 31.1 Å². The number of likely N-dealkylation sites (tertiary alicyclic amines) is 1. The van der Waals surface area contributed by atoms with Crippen LogP contribution in [0.5, 0.6) is 0 Å². The van der Waals surface area contributed by atoms with E-state index in [1.165, 1.54) is 0 Å². The second kappa shape index (κ2) is 6.26. The summed E-state index contributed by atoms with van der Waals surface area (Å²) >= 11 is 0. The maximum atomic E-state index is 12.7. The SMILES string of the molecule is CC1CC(C)C(C)N(C(=O)C(C(N)=NO)C(C)C)C1. The lowest BCUT2D eigenvalue weighted by Crippen LogP contribution is -2.53. The average Bonchev–Trinajstić information content (AvgIpc) is 2.32. The Bertz CT molecular complexity index is 355. The standard InChI is InChI=1S/C14H27N3O2/c1-8(2)12(13(15)16-19)14(18)17-7-9(3)6-10(4)11(17)5/h8-12,19H,6-7H2,1-5H3,(H2,15,16). The van der Waals surface area contributed by atoms with Gasteiger partial charge in [-0.15, -0.1) is 0 Å². The molecular weight excluding hydrogens is 242 g/mol. The minimum absolute atomic E-state index is 0.0121. The molecule has 3 N–H and O–H groups in total. The number of oxime groups is 1. The molecular formula is C14H27N3O2. The Hall–Kier alpha value is -1.26. The van der Waals surface area contributed by atoms with Crippen LogP contribution in [0.3, 0.4) is 0 Å². The van der Waals surface area contributed by atoms with E-state index in [4.69, 9.17) is 10.9 Å². The third-order valence-electron chi connectivity index (χ3n) is 4.25. The van der Waals surface area contributed by atoms with Crippen LogP contribution in [0, 0.1) is 23.7 Å². The van der Waals surface area contributed by atoms with Gasteiger partial charge >= 0.3 is 0 Å². The molecule has 0 aromatic rings. The van der Waals surface area contributed by atoms with Crippen LogP contribution < -0.4 is 5.73 Å². The highest BCUT2D eigenvalue weighted by Gasteiger charge is 2.37. The van der Waals surface area contributed by atoms with Crippen LogP contribution in [0.25, 0.3) is 0 Å². The molecule has 1 saturated heterocycles. The fraction of sp³-hybridized carbons (Fsp3) is 0.857. The minimum Gasteiger partial charge on any atom is -0.409 e. The van der Waals surface area contributed by atoms with Gasteiger partial charge in [0.15, 0.2) is 5.84 Å². The normalized spacial score (nSPS) is 30.5. The van der Waals surface area contributed by atoms with Gasteiger partial charge in [0, 0.05) is 12.6 Å². The van der Waals surface area contributed by atoms with Gasteiger partial charge in [0.25, 0.3) is 0 Å². The maximum Gasteiger partial charge on any atom is 0.233 e. The number of amidine groups is 1. The van der Waals surface area contributed by atoms with Gasteiger partial charge in [0.2, 0.25) is 5.91 Å². The molecule has 0 bridgehead atoms. The van der Waals surface area contributed by atoms with Crippen molar-refractivity contribution in [3.8, 4) is 0 Å². The van der Waals surface area contributed by atoms with Gasteiger partial charge < -0.3 is 15.8 Å². The Kier molecular flexibility index (Phi) is 5.20. The second-order valence-corrected chi connectivity index (χ2v) is 6.30. The smallest absolute Gasteiger partial charge is 0.233 e. The third kappa shape index (κ3) is 3.39. The number of carbonyl (C=O) groups is 1. The molecule has 1 fully saturated rings. The number of piperidine rings is 1. The molecule has 1 aliphatic rings. The van der Waals surface area contributed by atoms with Crippen LogP contribution in [0.2, 0.25) is 0 Å². The predicted molar refractivity (Wildman–Crippen MR) is 75.9 cm³/mol. The molecule has 1 amide bonds. The van der Waals surface area contributed by atoms with E-state index in [9.17, 15) is 4.79 Å². The molecule has 1 heterocycles. The molecule has 5 heteroatoms. The molecule has 0 radical (unpaired) electrons. The molecule has 0 aromatic carbocycles. The van der Waals surface area contributed by atoms with Gasteiger partial charge in [0.1, 0.15) is 5.92 Å². The van der Waals surface area contributed by atoms with Crippen LogP contribution in [0.4, 0.5) is 0 Å². The molecule has 19 heavy (non-hydrogen) atoms. The summed E-state index contributed by atoms with van der Waals surface area (Å²) < 4.78 is 0. The summed E-state index contributed by atoms with van der Waals surface area (Å²) in [6.07, 6.45) is 1.14. The van der Waals surface area contributed by atoms with Crippen LogP contribution in [0.1, 0.15) is 41.0 Å². The predicted octanol–water partition coefficient (Wildman–Crippen LogP) is 1.90. The van der Waals surface area contributed by atoms with Crippen LogP contribution in [-0.4, -0.2) is 34.4 Å². The first-order chi connectivity index (χ1) is 8.79. The molecule has 110 valence electrons. The van der Waals surface area contributed by atoms with Gasteiger partial charge in [-0.25, -0.2) is 0 Å². The van der Waals surface area contributed by atoms with E-state index in [0.29, 0.717) is 11.8 Å². The summed E-state index contributed by atoms with van der Waals surface area (Å²) in [5.41, 5.74) is 5.69. The van der Waals surface area contributed by atoms with E-state index in [1.807, 2.05) is 18.7 Å². The molecule has 0 aromatic heterocycles. The quantitative estimate of drug-likeness (QED) is 0.355. The Morgan fingerprint density at radius 2 is 1.95 bits per heavy atom. The number of rotatable bonds is 3. The monoisotopic (exact) mass is 269 g/mol. The number of hydrogen-bond donors (Lipinski definition) is 2. The maximum absolute atomic E-state index is 12.7. The van der Waals surface area contributed by atoms with Gasteiger partial charge in [-0.1, -0.05) is 32.9 Å².